The Balaban J connectivity index is 2.37. The molecule has 158 valence electrons. The van der Waals surface area contributed by atoms with Crippen molar-refractivity contribution in [2.24, 2.45) is 5.92 Å². The minimum atomic E-state index is -0.674. The maximum atomic E-state index is 12.9. The summed E-state index contributed by atoms with van der Waals surface area (Å²) < 4.78 is 6.92. The van der Waals surface area contributed by atoms with E-state index in [0.29, 0.717) is 25.3 Å². The van der Waals surface area contributed by atoms with Gasteiger partial charge in [-0.3, -0.25) is 19.1 Å². The summed E-state index contributed by atoms with van der Waals surface area (Å²) in [4.78, 5) is 41.3. The molecule has 2 aromatic rings. The molecule has 0 saturated carbocycles. The van der Waals surface area contributed by atoms with E-state index in [1.165, 1.54) is 9.47 Å². The van der Waals surface area contributed by atoms with E-state index in [1.807, 2.05) is 45.9 Å². The number of carbonyl (C=O) groups excluding carboxylic acids is 1. The van der Waals surface area contributed by atoms with Crippen LogP contribution in [0.25, 0.3) is 0 Å². The number of hydrogen-bond donors (Lipinski definition) is 2. The van der Waals surface area contributed by atoms with Gasteiger partial charge in [0, 0.05) is 13.1 Å². The number of anilines is 2. The number of H-pyrrole nitrogens is 1. The minimum absolute atomic E-state index is 0.00320. The second-order valence-corrected chi connectivity index (χ2v) is 7.50. The van der Waals surface area contributed by atoms with Crippen molar-refractivity contribution in [3.8, 4) is 5.75 Å². The Labute approximate surface area is 170 Å². The first-order valence-corrected chi connectivity index (χ1v) is 9.87. The van der Waals surface area contributed by atoms with Crippen LogP contribution in [-0.4, -0.2) is 28.6 Å². The average molecular weight is 402 g/mol. The van der Waals surface area contributed by atoms with Gasteiger partial charge in [0.1, 0.15) is 11.6 Å². The van der Waals surface area contributed by atoms with Gasteiger partial charge in [0.2, 0.25) is 0 Å². The maximum absolute atomic E-state index is 12.9. The standard InChI is InChI=1S/C21H30N4O4/c1-5-6-10-24(17(26)13-29-16-9-7-8-15(4)11-16)18-19(22)25(12-14(2)3)21(28)23-20(18)27/h7-9,11,14H,5-6,10,12-13,22H2,1-4H3,(H,23,27,28). The monoisotopic (exact) mass is 402 g/mol. The van der Waals surface area contributed by atoms with Crippen LogP contribution in [0.15, 0.2) is 33.9 Å². The fourth-order valence-electron chi connectivity index (χ4n) is 2.99. The first-order chi connectivity index (χ1) is 13.7. The molecule has 0 atom stereocenters. The molecule has 1 amide bonds. The lowest BCUT2D eigenvalue weighted by Gasteiger charge is -2.25. The van der Waals surface area contributed by atoms with Crippen molar-refractivity contribution in [1.29, 1.82) is 0 Å². The van der Waals surface area contributed by atoms with Crippen LogP contribution in [0.5, 0.6) is 5.75 Å². The van der Waals surface area contributed by atoms with Gasteiger partial charge in [-0.2, -0.15) is 0 Å². The SMILES string of the molecule is CCCCN(C(=O)COc1cccc(C)c1)c1c(N)n(CC(C)C)c(=O)[nH]c1=O. The Hall–Kier alpha value is -3.03. The third-order valence-electron chi connectivity index (χ3n) is 4.42. The number of aromatic amines is 1. The minimum Gasteiger partial charge on any atom is -0.484 e. The van der Waals surface area contributed by atoms with Crippen molar-refractivity contribution in [2.45, 2.75) is 47.1 Å². The molecule has 1 aromatic heterocycles. The van der Waals surface area contributed by atoms with Crippen LogP contribution in [0, 0.1) is 12.8 Å². The van der Waals surface area contributed by atoms with Gasteiger partial charge >= 0.3 is 5.69 Å². The third kappa shape index (κ3) is 5.73. The van der Waals surface area contributed by atoms with Crippen LogP contribution in [-0.2, 0) is 11.3 Å². The number of ether oxygens (including phenoxy) is 1. The summed E-state index contributed by atoms with van der Waals surface area (Å²) in [5.74, 6) is 0.304. The molecule has 1 aromatic carbocycles. The molecule has 0 aliphatic carbocycles. The number of amides is 1. The fourth-order valence-corrected chi connectivity index (χ4v) is 2.99. The van der Waals surface area contributed by atoms with Crippen LogP contribution >= 0.6 is 0 Å². The Bertz CT molecular complexity index is 962. The first-order valence-electron chi connectivity index (χ1n) is 9.87. The number of nitrogens with one attached hydrogen (secondary N) is 1. The molecule has 0 bridgehead atoms. The molecule has 0 aliphatic rings. The van der Waals surface area contributed by atoms with Crippen molar-refractivity contribution >= 4 is 17.4 Å². The first kappa shape index (κ1) is 22.3. The number of nitrogen functional groups attached to an aromatic ring is 1. The number of unbranched alkanes of at least 4 members (excludes halogenated alkanes) is 1. The molecule has 3 N–H and O–H groups in total. The predicted octanol–water partition coefficient (Wildman–Crippen LogP) is 2.30. The summed E-state index contributed by atoms with van der Waals surface area (Å²) in [5.41, 5.74) is 5.94. The van der Waals surface area contributed by atoms with E-state index >= 15 is 0 Å². The highest BCUT2D eigenvalue weighted by Crippen LogP contribution is 2.19. The van der Waals surface area contributed by atoms with Gasteiger partial charge in [-0.25, -0.2) is 4.79 Å². The normalized spacial score (nSPS) is 10.9. The molecule has 0 spiro atoms. The fraction of sp³-hybridized carbons (Fsp3) is 0.476. The highest BCUT2D eigenvalue weighted by Gasteiger charge is 2.24. The Morgan fingerprint density at radius 2 is 2.03 bits per heavy atom. The molecule has 0 unspecified atom stereocenters. The second kappa shape index (κ2) is 9.95. The molecule has 0 saturated heterocycles. The zero-order valence-corrected chi connectivity index (χ0v) is 17.5. The molecular formula is C21H30N4O4. The van der Waals surface area contributed by atoms with Crippen molar-refractivity contribution in [2.75, 3.05) is 23.8 Å². The second-order valence-electron chi connectivity index (χ2n) is 7.50. The smallest absolute Gasteiger partial charge is 0.330 e. The largest absolute Gasteiger partial charge is 0.484 e. The zero-order valence-electron chi connectivity index (χ0n) is 17.5. The third-order valence-corrected chi connectivity index (χ3v) is 4.42. The Morgan fingerprint density at radius 3 is 2.66 bits per heavy atom. The number of aromatic nitrogens is 2. The van der Waals surface area contributed by atoms with E-state index in [1.54, 1.807) is 6.07 Å². The average Bonchev–Trinajstić information content (AvgIpc) is 2.65. The van der Waals surface area contributed by atoms with Crippen LogP contribution in [0.4, 0.5) is 11.5 Å². The number of carbonyl (C=O) groups is 1. The molecular weight excluding hydrogens is 372 g/mol. The van der Waals surface area contributed by atoms with Crippen molar-refractivity contribution in [3.05, 3.63) is 50.7 Å². The molecule has 0 aliphatic heterocycles. The van der Waals surface area contributed by atoms with Crippen LogP contribution in [0.1, 0.15) is 39.2 Å². The molecule has 2 rings (SSSR count). The van der Waals surface area contributed by atoms with Gasteiger partial charge < -0.3 is 15.4 Å². The van der Waals surface area contributed by atoms with Crippen LogP contribution in [0.3, 0.4) is 0 Å². The topological polar surface area (TPSA) is 110 Å². The lowest BCUT2D eigenvalue weighted by atomic mass is 10.2. The van der Waals surface area contributed by atoms with Crippen molar-refractivity contribution in [1.82, 2.24) is 9.55 Å². The number of nitrogens with zero attached hydrogens (tertiary/aromatic N) is 2. The summed E-state index contributed by atoms with van der Waals surface area (Å²) in [5, 5.41) is 0. The summed E-state index contributed by atoms with van der Waals surface area (Å²) in [6.45, 7) is 8.19. The van der Waals surface area contributed by atoms with Gasteiger partial charge in [0.15, 0.2) is 12.3 Å². The van der Waals surface area contributed by atoms with E-state index in [0.717, 1.165) is 12.0 Å². The van der Waals surface area contributed by atoms with Gasteiger partial charge in [-0.15, -0.1) is 0 Å². The quantitative estimate of drug-likeness (QED) is 0.669. The van der Waals surface area contributed by atoms with E-state index in [2.05, 4.69) is 4.98 Å². The van der Waals surface area contributed by atoms with Gasteiger partial charge in [-0.1, -0.05) is 39.3 Å². The zero-order chi connectivity index (χ0) is 21.6. The predicted molar refractivity (Wildman–Crippen MR) is 115 cm³/mol. The molecule has 8 heteroatoms. The van der Waals surface area contributed by atoms with Gasteiger partial charge in [-0.05, 0) is 37.0 Å². The molecule has 8 nitrogen and oxygen atoms in total. The van der Waals surface area contributed by atoms with Gasteiger partial charge in [0.05, 0.1) is 0 Å². The summed E-state index contributed by atoms with van der Waals surface area (Å²) >= 11 is 0. The Morgan fingerprint density at radius 1 is 1.31 bits per heavy atom. The lowest BCUT2D eigenvalue weighted by Crippen LogP contribution is -2.43. The van der Waals surface area contributed by atoms with E-state index in [4.69, 9.17) is 10.5 Å². The number of nitrogens with two attached hydrogens (primary N) is 1. The van der Waals surface area contributed by atoms with Crippen LogP contribution < -0.4 is 26.6 Å². The van der Waals surface area contributed by atoms with Gasteiger partial charge in [0.25, 0.3) is 11.5 Å². The highest BCUT2D eigenvalue weighted by molar-refractivity contribution is 5.96. The van der Waals surface area contributed by atoms with Crippen molar-refractivity contribution in [3.63, 3.8) is 0 Å². The van der Waals surface area contributed by atoms with E-state index in [9.17, 15) is 14.4 Å². The van der Waals surface area contributed by atoms with Crippen LogP contribution in [0.2, 0.25) is 0 Å². The van der Waals surface area contributed by atoms with E-state index < -0.39 is 17.2 Å². The molecule has 0 fully saturated rings. The maximum Gasteiger partial charge on any atom is 0.330 e. The Kier molecular flexibility index (Phi) is 7.64. The van der Waals surface area contributed by atoms with Crippen molar-refractivity contribution < 1.29 is 9.53 Å². The lowest BCUT2D eigenvalue weighted by molar-refractivity contribution is -0.120. The number of aryl methyl sites for hydroxylation is 1. The summed E-state index contributed by atoms with van der Waals surface area (Å²) in [6, 6.07) is 7.36. The summed E-state index contributed by atoms with van der Waals surface area (Å²) in [7, 11) is 0. The molecule has 29 heavy (non-hydrogen) atoms. The number of benzene rings is 1. The number of rotatable bonds is 9. The number of hydrogen-bond acceptors (Lipinski definition) is 5. The molecule has 0 radical (unpaired) electrons. The molecule has 1 heterocycles. The van der Waals surface area contributed by atoms with E-state index in [-0.39, 0.29) is 24.0 Å². The highest BCUT2D eigenvalue weighted by atomic mass is 16.5. The summed E-state index contributed by atoms with van der Waals surface area (Å²) in [6.07, 6.45) is 1.50.